The zero-order valence-corrected chi connectivity index (χ0v) is 13.2. The number of carbonyl (C=O) groups is 2. The van der Waals surface area contributed by atoms with Crippen LogP contribution in [0.2, 0.25) is 0 Å². The van der Waals surface area contributed by atoms with Crippen LogP contribution in [0, 0.1) is 6.92 Å². The van der Waals surface area contributed by atoms with E-state index in [1.54, 1.807) is 17.2 Å². The Morgan fingerprint density at radius 2 is 2.35 bits per heavy atom. The number of hydrogen-bond donors (Lipinski definition) is 1. The Labute approximate surface area is 126 Å². The third-order valence-corrected chi connectivity index (χ3v) is 4.30. The SMILES string of the molecule is CC[C@H](C(=O)Nc1cc(C)c(Br)cn1)N1CCCC1=O. The van der Waals surface area contributed by atoms with Gasteiger partial charge in [0.1, 0.15) is 11.9 Å². The zero-order valence-electron chi connectivity index (χ0n) is 11.6. The summed E-state index contributed by atoms with van der Waals surface area (Å²) in [6.45, 7) is 4.51. The van der Waals surface area contributed by atoms with Gasteiger partial charge in [-0.25, -0.2) is 4.98 Å². The summed E-state index contributed by atoms with van der Waals surface area (Å²) in [5.41, 5.74) is 1.00. The molecule has 108 valence electrons. The Bertz CT molecular complexity index is 533. The molecule has 1 aromatic heterocycles. The minimum Gasteiger partial charge on any atom is -0.331 e. The summed E-state index contributed by atoms with van der Waals surface area (Å²) in [7, 11) is 0. The van der Waals surface area contributed by atoms with E-state index in [2.05, 4.69) is 26.2 Å². The van der Waals surface area contributed by atoms with Crippen molar-refractivity contribution < 1.29 is 9.59 Å². The molecule has 1 aromatic rings. The van der Waals surface area contributed by atoms with Gasteiger partial charge in [0.25, 0.3) is 0 Å². The number of hydrogen-bond acceptors (Lipinski definition) is 3. The predicted molar refractivity (Wildman–Crippen MR) is 80.3 cm³/mol. The highest BCUT2D eigenvalue weighted by molar-refractivity contribution is 9.10. The quantitative estimate of drug-likeness (QED) is 0.916. The van der Waals surface area contributed by atoms with Crippen molar-refractivity contribution in [3.8, 4) is 0 Å². The second kappa shape index (κ2) is 6.35. The maximum Gasteiger partial charge on any atom is 0.248 e. The first-order valence-electron chi connectivity index (χ1n) is 6.75. The van der Waals surface area contributed by atoms with Gasteiger partial charge in [0.2, 0.25) is 11.8 Å². The van der Waals surface area contributed by atoms with Gasteiger partial charge in [0.15, 0.2) is 0 Å². The highest BCUT2D eigenvalue weighted by atomic mass is 79.9. The standard InChI is InChI=1S/C14H18BrN3O2/c1-3-11(18-6-4-5-13(18)19)14(20)17-12-7-9(2)10(15)8-16-12/h7-8,11H,3-6H2,1-2H3,(H,16,17,20)/t11-/m1/s1. The van der Waals surface area contributed by atoms with Gasteiger partial charge in [-0.2, -0.15) is 0 Å². The molecule has 2 amide bonds. The van der Waals surface area contributed by atoms with Crippen LogP contribution in [-0.4, -0.2) is 34.3 Å². The molecule has 1 N–H and O–H groups in total. The minimum absolute atomic E-state index is 0.0620. The van der Waals surface area contributed by atoms with E-state index in [-0.39, 0.29) is 11.8 Å². The van der Waals surface area contributed by atoms with Crippen LogP contribution in [0.25, 0.3) is 0 Å². The summed E-state index contributed by atoms with van der Waals surface area (Å²) in [5, 5.41) is 2.79. The summed E-state index contributed by atoms with van der Waals surface area (Å²) in [6, 6.07) is 1.40. The molecular formula is C14H18BrN3O2. The van der Waals surface area contributed by atoms with Crippen molar-refractivity contribution in [1.29, 1.82) is 0 Å². The van der Waals surface area contributed by atoms with Crippen LogP contribution in [0.5, 0.6) is 0 Å². The fraction of sp³-hybridized carbons (Fsp3) is 0.500. The number of aryl methyl sites for hydroxylation is 1. The highest BCUT2D eigenvalue weighted by Gasteiger charge is 2.31. The number of likely N-dealkylation sites (tertiary alicyclic amines) is 1. The number of pyridine rings is 1. The molecule has 1 aliphatic heterocycles. The van der Waals surface area contributed by atoms with Crippen LogP contribution in [0.3, 0.4) is 0 Å². The van der Waals surface area contributed by atoms with Crippen molar-refractivity contribution in [2.24, 2.45) is 0 Å². The van der Waals surface area contributed by atoms with Gasteiger partial charge in [-0.3, -0.25) is 9.59 Å². The molecule has 0 aromatic carbocycles. The van der Waals surface area contributed by atoms with Crippen molar-refractivity contribution in [3.05, 3.63) is 22.3 Å². The summed E-state index contributed by atoms with van der Waals surface area (Å²) in [4.78, 5) is 29.9. The molecule has 2 heterocycles. The van der Waals surface area contributed by atoms with Gasteiger partial charge in [0, 0.05) is 23.6 Å². The molecule has 20 heavy (non-hydrogen) atoms. The van der Waals surface area contributed by atoms with E-state index in [1.807, 2.05) is 13.8 Å². The highest BCUT2D eigenvalue weighted by Crippen LogP contribution is 2.19. The largest absolute Gasteiger partial charge is 0.331 e. The van der Waals surface area contributed by atoms with Crippen molar-refractivity contribution in [2.45, 2.75) is 39.2 Å². The van der Waals surface area contributed by atoms with Gasteiger partial charge >= 0.3 is 0 Å². The number of anilines is 1. The van der Waals surface area contributed by atoms with Crippen molar-refractivity contribution in [3.63, 3.8) is 0 Å². The topological polar surface area (TPSA) is 62.3 Å². The van der Waals surface area contributed by atoms with E-state index >= 15 is 0 Å². The molecular weight excluding hydrogens is 322 g/mol. The van der Waals surface area contributed by atoms with Gasteiger partial charge in [-0.15, -0.1) is 0 Å². The van der Waals surface area contributed by atoms with E-state index in [0.29, 0.717) is 25.2 Å². The molecule has 0 aliphatic carbocycles. The Hall–Kier alpha value is -1.43. The number of aromatic nitrogens is 1. The molecule has 0 bridgehead atoms. The van der Waals surface area contributed by atoms with Crippen LogP contribution in [-0.2, 0) is 9.59 Å². The van der Waals surface area contributed by atoms with Crippen molar-refractivity contribution >= 4 is 33.6 Å². The average Bonchev–Trinajstić information content (AvgIpc) is 2.81. The fourth-order valence-corrected chi connectivity index (χ4v) is 2.58. The van der Waals surface area contributed by atoms with E-state index < -0.39 is 6.04 Å². The molecule has 1 aliphatic rings. The van der Waals surface area contributed by atoms with E-state index in [4.69, 9.17) is 0 Å². The Balaban J connectivity index is 2.09. The molecule has 0 radical (unpaired) electrons. The molecule has 0 spiro atoms. The van der Waals surface area contributed by atoms with Crippen LogP contribution in [0.4, 0.5) is 5.82 Å². The fourth-order valence-electron chi connectivity index (χ4n) is 2.36. The lowest BCUT2D eigenvalue weighted by atomic mass is 10.2. The molecule has 1 atom stereocenters. The van der Waals surface area contributed by atoms with Crippen LogP contribution in [0.1, 0.15) is 31.7 Å². The van der Waals surface area contributed by atoms with Crippen molar-refractivity contribution in [2.75, 3.05) is 11.9 Å². The number of halogens is 1. The lowest BCUT2D eigenvalue weighted by Gasteiger charge is -2.25. The maximum atomic E-state index is 12.3. The van der Waals surface area contributed by atoms with Gasteiger partial charge < -0.3 is 10.2 Å². The number of nitrogens with zero attached hydrogens (tertiary/aromatic N) is 2. The third-order valence-electron chi connectivity index (χ3n) is 3.47. The summed E-state index contributed by atoms with van der Waals surface area (Å²) >= 11 is 3.37. The van der Waals surface area contributed by atoms with Crippen LogP contribution in [0.15, 0.2) is 16.7 Å². The minimum atomic E-state index is -0.407. The third kappa shape index (κ3) is 3.17. The summed E-state index contributed by atoms with van der Waals surface area (Å²) in [6.07, 6.45) is 3.64. The van der Waals surface area contributed by atoms with Crippen molar-refractivity contribution in [1.82, 2.24) is 9.88 Å². The monoisotopic (exact) mass is 339 g/mol. The number of nitrogens with one attached hydrogen (secondary N) is 1. The molecule has 6 heteroatoms. The lowest BCUT2D eigenvalue weighted by molar-refractivity contribution is -0.135. The number of rotatable bonds is 4. The molecule has 0 unspecified atom stereocenters. The maximum absolute atomic E-state index is 12.3. The van der Waals surface area contributed by atoms with E-state index in [1.165, 1.54) is 0 Å². The molecule has 1 fully saturated rings. The zero-order chi connectivity index (χ0) is 14.7. The first-order chi connectivity index (χ1) is 9.52. The summed E-state index contributed by atoms with van der Waals surface area (Å²) < 4.78 is 0.900. The Morgan fingerprint density at radius 1 is 1.60 bits per heavy atom. The Kier molecular flexibility index (Phi) is 4.75. The first kappa shape index (κ1) is 15.0. The van der Waals surface area contributed by atoms with Gasteiger partial charge in [-0.1, -0.05) is 6.92 Å². The number of amides is 2. The predicted octanol–water partition coefficient (Wildman–Crippen LogP) is 2.49. The average molecular weight is 340 g/mol. The van der Waals surface area contributed by atoms with Crippen LogP contribution < -0.4 is 5.32 Å². The number of carbonyl (C=O) groups excluding carboxylic acids is 2. The second-order valence-corrected chi connectivity index (χ2v) is 5.78. The lowest BCUT2D eigenvalue weighted by Crippen LogP contribution is -2.44. The van der Waals surface area contributed by atoms with E-state index in [0.717, 1.165) is 16.5 Å². The molecule has 1 saturated heterocycles. The van der Waals surface area contributed by atoms with Crippen LogP contribution >= 0.6 is 15.9 Å². The smallest absolute Gasteiger partial charge is 0.248 e. The van der Waals surface area contributed by atoms with Gasteiger partial charge in [0.05, 0.1) is 0 Å². The molecule has 5 nitrogen and oxygen atoms in total. The van der Waals surface area contributed by atoms with Gasteiger partial charge in [-0.05, 0) is 47.3 Å². The second-order valence-electron chi connectivity index (χ2n) is 4.92. The first-order valence-corrected chi connectivity index (χ1v) is 7.54. The Morgan fingerprint density at radius 3 is 2.90 bits per heavy atom. The normalized spacial score (nSPS) is 16.4. The van der Waals surface area contributed by atoms with E-state index in [9.17, 15) is 9.59 Å². The molecule has 0 saturated carbocycles. The molecule has 2 rings (SSSR count). The summed E-state index contributed by atoms with van der Waals surface area (Å²) in [5.74, 6) is 0.407.